The average Bonchev–Trinajstić information content (AvgIpc) is 2.26. The normalized spacial score (nSPS) is 10.2. The molecule has 16 heavy (non-hydrogen) atoms. The molecule has 0 amide bonds. The highest BCUT2D eigenvalue weighted by molar-refractivity contribution is 5.85. The van der Waals surface area contributed by atoms with Crippen molar-refractivity contribution in [2.75, 3.05) is 0 Å². The molecule has 0 aromatic heterocycles. The van der Waals surface area contributed by atoms with E-state index in [2.05, 4.69) is 6.07 Å². The number of hydrogen-bond acceptors (Lipinski definition) is 2. The molecule has 0 heterocycles. The van der Waals surface area contributed by atoms with Crippen LogP contribution in [0.25, 0.3) is 6.08 Å². The second-order valence-corrected chi connectivity index (χ2v) is 3.52. The molecule has 1 aromatic carbocycles. The first kappa shape index (κ1) is 12.0. The zero-order valence-electron chi connectivity index (χ0n) is 9.10. The zero-order chi connectivity index (χ0) is 12.0. The summed E-state index contributed by atoms with van der Waals surface area (Å²) >= 11 is 0. The molecule has 0 aliphatic heterocycles. The highest BCUT2D eigenvalue weighted by atomic mass is 16.4. The van der Waals surface area contributed by atoms with Crippen LogP contribution in [-0.4, -0.2) is 11.1 Å². The Labute approximate surface area is 94.6 Å². The van der Waals surface area contributed by atoms with Gasteiger partial charge >= 0.3 is 5.97 Å². The first-order valence-corrected chi connectivity index (χ1v) is 5.01. The maximum atomic E-state index is 10.4. The molecule has 0 bridgehead atoms. The molecule has 0 spiro atoms. The topological polar surface area (TPSA) is 61.1 Å². The molecule has 0 saturated carbocycles. The molecule has 3 heteroatoms. The summed E-state index contributed by atoms with van der Waals surface area (Å²) in [7, 11) is 0. The number of carboxylic acids is 1. The lowest BCUT2D eigenvalue weighted by molar-refractivity contribution is -0.131. The fourth-order valence-electron chi connectivity index (χ4n) is 1.42. The average molecular weight is 215 g/mol. The summed E-state index contributed by atoms with van der Waals surface area (Å²) in [4.78, 5) is 10.4. The van der Waals surface area contributed by atoms with Crippen molar-refractivity contribution >= 4 is 12.0 Å². The van der Waals surface area contributed by atoms with Crippen LogP contribution in [0.4, 0.5) is 0 Å². The number of rotatable bonds is 4. The van der Waals surface area contributed by atoms with Crippen molar-refractivity contribution in [3.8, 4) is 6.07 Å². The number of nitrogens with zero attached hydrogens (tertiary/aromatic N) is 1. The van der Waals surface area contributed by atoms with Gasteiger partial charge in [0.2, 0.25) is 0 Å². The summed E-state index contributed by atoms with van der Waals surface area (Å²) in [5.74, 6) is -0.959. The summed E-state index contributed by atoms with van der Waals surface area (Å²) in [6, 6.07) is 7.83. The molecule has 1 rings (SSSR count). The summed E-state index contributed by atoms with van der Waals surface area (Å²) in [5, 5.41) is 17.0. The maximum Gasteiger partial charge on any atom is 0.328 e. The number of benzene rings is 1. The summed E-state index contributed by atoms with van der Waals surface area (Å²) < 4.78 is 0. The maximum absolute atomic E-state index is 10.4. The smallest absolute Gasteiger partial charge is 0.328 e. The molecule has 0 radical (unpaired) electrons. The van der Waals surface area contributed by atoms with Gasteiger partial charge in [0.05, 0.1) is 6.07 Å². The largest absolute Gasteiger partial charge is 0.478 e. The summed E-state index contributed by atoms with van der Waals surface area (Å²) in [5.41, 5.74) is 3.07. The Bertz CT molecular complexity index is 455. The van der Waals surface area contributed by atoms with E-state index in [9.17, 15) is 4.79 Å². The molecule has 0 fully saturated rings. The highest BCUT2D eigenvalue weighted by Gasteiger charge is 1.99. The first-order valence-electron chi connectivity index (χ1n) is 5.01. The van der Waals surface area contributed by atoms with Crippen LogP contribution in [-0.2, 0) is 11.2 Å². The van der Waals surface area contributed by atoms with E-state index in [1.165, 1.54) is 0 Å². The molecular formula is C13H13NO2. The van der Waals surface area contributed by atoms with Crippen molar-refractivity contribution < 1.29 is 9.90 Å². The molecule has 1 aromatic rings. The van der Waals surface area contributed by atoms with E-state index in [0.717, 1.165) is 22.8 Å². The van der Waals surface area contributed by atoms with E-state index in [-0.39, 0.29) is 0 Å². The monoisotopic (exact) mass is 215 g/mol. The quantitative estimate of drug-likeness (QED) is 0.785. The van der Waals surface area contributed by atoms with E-state index in [4.69, 9.17) is 10.4 Å². The van der Waals surface area contributed by atoms with Crippen LogP contribution in [0.3, 0.4) is 0 Å². The Morgan fingerprint density at radius 3 is 2.94 bits per heavy atom. The van der Waals surface area contributed by atoms with Gasteiger partial charge in [-0.25, -0.2) is 4.79 Å². The molecular weight excluding hydrogens is 202 g/mol. The van der Waals surface area contributed by atoms with Gasteiger partial charge in [-0.05, 0) is 36.1 Å². The SMILES string of the molecule is Cc1ccc(/C=C/C(=O)O)cc1CCC#N. The number of carboxylic acid groups (broad SMARTS) is 1. The van der Waals surface area contributed by atoms with Crippen molar-refractivity contribution in [2.45, 2.75) is 19.8 Å². The number of aliphatic carboxylic acids is 1. The van der Waals surface area contributed by atoms with Gasteiger partial charge in [-0.3, -0.25) is 0 Å². The van der Waals surface area contributed by atoms with Gasteiger partial charge in [0, 0.05) is 12.5 Å². The van der Waals surface area contributed by atoms with Gasteiger partial charge in [-0.1, -0.05) is 18.2 Å². The lowest BCUT2D eigenvalue weighted by Crippen LogP contribution is -1.91. The minimum absolute atomic E-state index is 0.479. The standard InChI is InChI=1S/C13H13NO2/c1-10-4-5-11(6-7-13(15)16)9-12(10)3-2-8-14/h4-7,9H,2-3H2,1H3,(H,15,16)/b7-6+. The van der Waals surface area contributed by atoms with Crippen molar-refractivity contribution in [3.05, 3.63) is 41.0 Å². The van der Waals surface area contributed by atoms with Gasteiger partial charge in [0.25, 0.3) is 0 Å². The van der Waals surface area contributed by atoms with Gasteiger partial charge in [-0.2, -0.15) is 5.26 Å². The number of nitriles is 1. The summed E-state index contributed by atoms with van der Waals surface area (Å²) in [6.45, 7) is 1.98. The van der Waals surface area contributed by atoms with Crippen molar-refractivity contribution in [2.24, 2.45) is 0 Å². The molecule has 0 atom stereocenters. The fraction of sp³-hybridized carbons (Fsp3) is 0.231. The Morgan fingerprint density at radius 2 is 2.31 bits per heavy atom. The molecule has 82 valence electrons. The molecule has 0 saturated heterocycles. The highest BCUT2D eigenvalue weighted by Crippen LogP contribution is 2.14. The second kappa shape index (κ2) is 5.72. The predicted octanol–water partition coefficient (Wildman–Crippen LogP) is 2.55. The van der Waals surface area contributed by atoms with Crippen molar-refractivity contribution in [1.82, 2.24) is 0 Å². The lowest BCUT2D eigenvalue weighted by Gasteiger charge is -2.04. The van der Waals surface area contributed by atoms with Crippen LogP contribution in [0.1, 0.15) is 23.1 Å². The zero-order valence-corrected chi connectivity index (χ0v) is 9.10. The second-order valence-electron chi connectivity index (χ2n) is 3.52. The van der Waals surface area contributed by atoms with Crippen LogP contribution < -0.4 is 0 Å². The Balaban J connectivity index is 2.89. The van der Waals surface area contributed by atoms with Crippen LogP contribution >= 0.6 is 0 Å². The van der Waals surface area contributed by atoms with Crippen molar-refractivity contribution in [1.29, 1.82) is 5.26 Å². The van der Waals surface area contributed by atoms with E-state index in [1.54, 1.807) is 6.08 Å². The number of hydrogen-bond donors (Lipinski definition) is 1. The Morgan fingerprint density at radius 1 is 1.56 bits per heavy atom. The van der Waals surface area contributed by atoms with Gasteiger partial charge in [0.1, 0.15) is 0 Å². The third-order valence-electron chi connectivity index (χ3n) is 2.30. The molecule has 0 aliphatic rings. The van der Waals surface area contributed by atoms with Gasteiger partial charge in [0.15, 0.2) is 0 Å². The number of aryl methyl sites for hydroxylation is 2. The van der Waals surface area contributed by atoms with Crippen LogP contribution in [0.2, 0.25) is 0 Å². The third-order valence-corrected chi connectivity index (χ3v) is 2.30. The first-order chi connectivity index (χ1) is 7.63. The minimum Gasteiger partial charge on any atom is -0.478 e. The van der Waals surface area contributed by atoms with Gasteiger partial charge in [-0.15, -0.1) is 0 Å². The van der Waals surface area contributed by atoms with E-state index in [1.807, 2.05) is 25.1 Å². The third kappa shape index (κ3) is 3.58. The minimum atomic E-state index is -0.959. The van der Waals surface area contributed by atoms with E-state index in [0.29, 0.717) is 12.8 Å². The lowest BCUT2D eigenvalue weighted by atomic mass is 10.0. The van der Waals surface area contributed by atoms with Crippen molar-refractivity contribution in [3.63, 3.8) is 0 Å². The predicted molar refractivity (Wildman–Crippen MR) is 61.8 cm³/mol. The van der Waals surface area contributed by atoms with Crippen LogP contribution in [0.5, 0.6) is 0 Å². The molecule has 0 unspecified atom stereocenters. The van der Waals surface area contributed by atoms with Crippen LogP contribution in [0.15, 0.2) is 24.3 Å². The van der Waals surface area contributed by atoms with E-state index >= 15 is 0 Å². The molecule has 0 aliphatic carbocycles. The Kier molecular flexibility index (Phi) is 4.28. The molecule has 1 N–H and O–H groups in total. The van der Waals surface area contributed by atoms with E-state index < -0.39 is 5.97 Å². The molecule has 3 nitrogen and oxygen atoms in total. The Hall–Kier alpha value is -2.08. The summed E-state index contributed by atoms with van der Waals surface area (Å²) in [6.07, 6.45) is 3.85. The van der Waals surface area contributed by atoms with Gasteiger partial charge < -0.3 is 5.11 Å². The number of carbonyl (C=O) groups is 1. The van der Waals surface area contributed by atoms with Crippen LogP contribution in [0, 0.1) is 18.3 Å². The fourth-order valence-corrected chi connectivity index (χ4v) is 1.42.